The van der Waals surface area contributed by atoms with E-state index in [4.69, 9.17) is 4.74 Å². The van der Waals surface area contributed by atoms with Gasteiger partial charge in [-0.05, 0) is 33.7 Å². The van der Waals surface area contributed by atoms with E-state index < -0.39 is 0 Å². The molecule has 3 heteroatoms. The van der Waals surface area contributed by atoms with E-state index in [-0.39, 0.29) is 12.0 Å². The first-order valence-electron chi connectivity index (χ1n) is 4.88. The Labute approximate surface area is 81.1 Å². The monoisotopic (exact) mass is 187 g/mol. The third-order valence-electron chi connectivity index (χ3n) is 2.18. The van der Waals surface area contributed by atoms with Crippen LogP contribution in [0.4, 0.5) is 0 Å². The maximum absolute atomic E-state index is 11.3. The zero-order valence-electron chi connectivity index (χ0n) is 9.33. The van der Waals surface area contributed by atoms with Crippen molar-refractivity contribution in [1.29, 1.82) is 0 Å². The standard InChI is InChI=1S/C10H21NO2/c1-6-7-11(8(2)3)9(4)10(12)13-5/h8-9H,6-7H2,1-5H3. The number of nitrogens with zero attached hydrogens (tertiary/aromatic N) is 1. The molecule has 0 saturated carbocycles. The highest BCUT2D eigenvalue weighted by Crippen LogP contribution is 2.07. The second kappa shape index (κ2) is 5.97. The van der Waals surface area contributed by atoms with Gasteiger partial charge in [0.15, 0.2) is 0 Å². The largest absolute Gasteiger partial charge is 0.468 e. The molecule has 0 amide bonds. The summed E-state index contributed by atoms with van der Waals surface area (Å²) < 4.78 is 4.71. The molecule has 0 aliphatic rings. The van der Waals surface area contributed by atoms with Gasteiger partial charge in [0, 0.05) is 6.04 Å². The average Bonchev–Trinajstić information content (AvgIpc) is 2.11. The minimum atomic E-state index is -0.151. The lowest BCUT2D eigenvalue weighted by atomic mass is 10.2. The summed E-state index contributed by atoms with van der Waals surface area (Å²) in [4.78, 5) is 13.4. The Kier molecular flexibility index (Phi) is 5.71. The fourth-order valence-corrected chi connectivity index (χ4v) is 1.46. The number of esters is 1. The first-order chi connectivity index (χ1) is 6.04. The van der Waals surface area contributed by atoms with E-state index in [1.54, 1.807) is 0 Å². The number of carbonyl (C=O) groups is 1. The van der Waals surface area contributed by atoms with Crippen molar-refractivity contribution in [3.05, 3.63) is 0 Å². The van der Waals surface area contributed by atoms with Crippen LogP contribution in [-0.2, 0) is 9.53 Å². The average molecular weight is 187 g/mol. The fourth-order valence-electron chi connectivity index (χ4n) is 1.46. The first kappa shape index (κ1) is 12.4. The summed E-state index contributed by atoms with van der Waals surface area (Å²) >= 11 is 0. The van der Waals surface area contributed by atoms with Gasteiger partial charge in [0.05, 0.1) is 7.11 Å². The Morgan fingerprint density at radius 2 is 1.92 bits per heavy atom. The quantitative estimate of drug-likeness (QED) is 0.613. The zero-order valence-corrected chi connectivity index (χ0v) is 9.33. The molecular weight excluding hydrogens is 166 g/mol. The number of ether oxygens (including phenoxy) is 1. The molecule has 0 aliphatic carbocycles. The van der Waals surface area contributed by atoms with Crippen LogP contribution in [0.3, 0.4) is 0 Å². The number of hydrogen-bond acceptors (Lipinski definition) is 3. The van der Waals surface area contributed by atoms with Crippen LogP contribution in [0.2, 0.25) is 0 Å². The van der Waals surface area contributed by atoms with Gasteiger partial charge in [-0.25, -0.2) is 0 Å². The van der Waals surface area contributed by atoms with Crippen molar-refractivity contribution in [1.82, 2.24) is 4.90 Å². The molecule has 13 heavy (non-hydrogen) atoms. The lowest BCUT2D eigenvalue weighted by molar-refractivity contribution is -0.147. The molecule has 0 heterocycles. The van der Waals surface area contributed by atoms with E-state index in [2.05, 4.69) is 25.7 Å². The maximum atomic E-state index is 11.3. The molecule has 0 aliphatic heterocycles. The molecule has 0 spiro atoms. The van der Waals surface area contributed by atoms with Gasteiger partial charge < -0.3 is 4.74 Å². The third kappa shape index (κ3) is 3.77. The summed E-state index contributed by atoms with van der Waals surface area (Å²) in [5.74, 6) is -0.151. The summed E-state index contributed by atoms with van der Waals surface area (Å²) in [6.07, 6.45) is 1.06. The van der Waals surface area contributed by atoms with E-state index in [1.807, 2.05) is 6.92 Å². The van der Waals surface area contributed by atoms with Crippen LogP contribution >= 0.6 is 0 Å². The molecule has 0 aromatic heterocycles. The Balaban J connectivity index is 4.26. The predicted octanol–water partition coefficient (Wildman–Crippen LogP) is 1.67. The molecular formula is C10H21NO2. The highest BCUT2D eigenvalue weighted by Gasteiger charge is 2.22. The molecule has 0 rings (SSSR count). The molecule has 0 bridgehead atoms. The molecule has 0 aromatic rings. The van der Waals surface area contributed by atoms with Gasteiger partial charge in [-0.15, -0.1) is 0 Å². The molecule has 1 unspecified atom stereocenters. The van der Waals surface area contributed by atoms with Crippen LogP contribution in [0, 0.1) is 0 Å². The SMILES string of the molecule is CCCN(C(C)C)C(C)C(=O)OC. The van der Waals surface area contributed by atoms with Gasteiger partial charge in [0.25, 0.3) is 0 Å². The van der Waals surface area contributed by atoms with Crippen molar-refractivity contribution in [3.63, 3.8) is 0 Å². The van der Waals surface area contributed by atoms with Crippen molar-refractivity contribution >= 4 is 5.97 Å². The van der Waals surface area contributed by atoms with Crippen LogP contribution in [0.5, 0.6) is 0 Å². The molecule has 0 saturated heterocycles. The highest BCUT2D eigenvalue weighted by atomic mass is 16.5. The zero-order chi connectivity index (χ0) is 10.4. The molecule has 1 atom stereocenters. The summed E-state index contributed by atoms with van der Waals surface area (Å²) in [7, 11) is 1.43. The minimum absolute atomic E-state index is 0.134. The number of rotatable bonds is 5. The van der Waals surface area contributed by atoms with Crippen molar-refractivity contribution in [2.45, 2.75) is 46.2 Å². The fraction of sp³-hybridized carbons (Fsp3) is 0.900. The van der Waals surface area contributed by atoms with Crippen LogP contribution in [0.15, 0.2) is 0 Å². The molecule has 3 nitrogen and oxygen atoms in total. The molecule has 0 N–H and O–H groups in total. The Morgan fingerprint density at radius 3 is 2.23 bits per heavy atom. The molecule has 0 radical (unpaired) electrons. The summed E-state index contributed by atoms with van der Waals surface area (Å²) in [6, 6.07) is 0.249. The van der Waals surface area contributed by atoms with E-state index in [9.17, 15) is 4.79 Å². The summed E-state index contributed by atoms with van der Waals surface area (Å²) in [6.45, 7) is 9.12. The van der Waals surface area contributed by atoms with Gasteiger partial charge in [-0.2, -0.15) is 0 Å². The topological polar surface area (TPSA) is 29.5 Å². The second-order valence-electron chi connectivity index (χ2n) is 3.53. The third-order valence-corrected chi connectivity index (χ3v) is 2.18. The number of hydrogen-bond donors (Lipinski definition) is 0. The summed E-state index contributed by atoms with van der Waals surface area (Å²) in [5.41, 5.74) is 0. The van der Waals surface area contributed by atoms with Crippen LogP contribution in [0.25, 0.3) is 0 Å². The second-order valence-corrected chi connectivity index (χ2v) is 3.53. The predicted molar refractivity (Wildman–Crippen MR) is 53.6 cm³/mol. The molecule has 0 fully saturated rings. The van der Waals surface area contributed by atoms with Crippen molar-refractivity contribution in [2.24, 2.45) is 0 Å². The smallest absolute Gasteiger partial charge is 0.322 e. The van der Waals surface area contributed by atoms with Crippen molar-refractivity contribution in [2.75, 3.05) is 13.7 Å². The maximum Gasteiger partial charge on any atom is 0.322 e. The van der Waals surface area contributed by atoms with Crippen molar-refractivity contribution < 1.29 is 9.53 Å². The van der Waals surface area contributed by atoms with E-state index in [0.29, 0.717) is 6.04 Å². The number of carbonyl (C=O) groups excluding carboxylic acids is 1. The Morgan fingerprint density at radius 1 is 1.38 bits per heavy atom. The van der Waals surface area contributed by atoms with E-state index >= 15 is 0 Å². The summed E-state index contributed by atoms with van der Waals surface area (Å²) in [5, 5.41) is 0. The molecule has 78 valence electrons. The van der Waals surface area contributed by atoms with E-state index in [1.165, 1.54) is 7.11 Å². The van der Waals surface area contributed by atoms with Gasteiger partial charge >= 0.3 is 5.97 Å². The number of methoxy groups -OCH3 is 1. The van der Waals surface area contributed by atoms with Gasteiger partial charge in [0.1, 0.15) is 6.04 Å². The van der Waals surface area contributed by atoms with Crippen LogP contribution < -0.4 is 0 Å². The first-order valence-corrected chi connectivity index (χ1v) is 4.88. The lowest BCUT2D eigenvalue weighted by Gasteiger charge is -2.30. The Bertz CT molecular complexity index is 157. The van der Waals surface area contributed by atoms with Gasteiger partial charge in [-0.1, -0.05) is 6.92 Å². The normalized spacial score (nSPS) is 13.5. The molecule has 0 aromatic carbocycles. The Hall–Kier alpha value is -0.570. The van der Waals surface area contributed by atoms with Gasteiger partial charge in [-0.3, -0.25) is 9.69 Å². The van der Waals surface area contributed by atoms with Crippen LogP contribution in [-0.4, -0.2) is 36.6 Å². The van der Waals surface area contributed by atoms with Gasteiger partial charge in [0.2, 0.25) is 0 Å². The highest BCUT2D eigenvalue weighted by molar-refractivity contribution is 5.75. The minimum Gasteiger partial charge on any atom is -0.468 e. The van der Waals surface area contributed by atoms with Crippen molar-refractivity contribution in [3.8, 4) is 0 Å². The van der Waals surface area contributed by atoms with Crippen LogP contribution in [0.1, 0.15) is 34.1 Å². The van der Waals surface area contributed by atoms with E-state index in [0.717, 1.165) is 13.0 Å². The lowest BCUT2D eigenvalue weighted by Crippen LogP contribution is -2.44.